The first kappa shape index (κ1) is 16.2. The molecule has 0 spiro atoms. The van der Waals surface area contributed by atoms with Crippen LogP contribution in [0.1, 0.15) is 5.82 Å². The van der Waals surface area contributed by atoms with Crippen LogP contribution in [-0.2, 0) is 6.18 Å². The van der Waals surface area contributed by atoms with Crippen LogP contribution in [0.3, 0.4) is 0 Å². The summed E-state index contributed by atoms with van der Waals surface area (Å²) in [5, 5.41) is 7.93. The zero-order valence-electron chi connectivity index (χ0n) is 12.3. The number of fused-ring (bicyclic) bond motifs is 3. The average Bonchev–Trinajstić information content (AvgIpc) is 3.01. The van der Waals surface area contributed by atoms with Crippen molar-refractivity contribution in [3.05, 3.63) is 59.4 Å². The van der Waals surface area contributed by atoms with Crippen molar-refractivity contribution in [1.82, 2.24) is 19.6 Å². The highest BCUT2D eigenvalue weighted by Crippen LogP contribution is 2.35. The van der Waals surface area contributed by atoms with Crippen LogP contribution in [0.25, 0.3) is 16.7 Å². The van der Waals surface area contributed by atoms with E-state index in [2.05, 4.69) is 15.2 Å². The predicted molar refractivity (Wildman–Crippen MR) is 88.9 cm³/mol. The van der Waals surface area contributed by atoms with Gasteiger partial charge in [0.1, 0.15) is 5.03 Å². The van der Waals surface area contributed by atoms with E-state index in [4.69, 9.17) is 11.6 Å². The molecule has 0 N–H and O–H groups in total. The lowest BCUT2D eigenvalue weighted by molar-refractivity contribution is -0.145. The van der Waals surface area contributed by atoms with E-state index < -0.39 is 12.0 Å². The highest BCUT2D eigenvalue weighted by molar-refractivity contribution is 7.99. The van der Waals surface area contributed by atoms with E-state index in [1.54, 1.807) is 48.5 Å². The Balaban J connectivity index is 1.99. The fourth-order valence-electron chi connectivity index (χ4n) is 2.45. The van der Waals surface area contributed by atoms with Gasteiger partial charge in [-0.2, -0.15) is 13.2 Å². The highest BCUT2D eigenvalue weighted by Gasteiger charge is 2.38. The second-order valence-electron chi connectivity index (χ2n) is 5.15. The quantitative estimate of drug-likeness (QED) is 0.485. The summed E-state index contributed by atoms with van der Waals surface area (Å²) in [7, 11) is 0. The van der Waals surface area contributed by atoms with Crippen molar-refractivity contribution < 1.29 is 13.2 Å². The van der Waals surface area contributed by atoms with Gasteiger partial charge in [-0.25, -0.2) is 4.98 Å². The molecule has 0 radical (unpaired) electrons. The number of aromatic nitrogens is 4. The Morgan fingerprint density at radius 3 is 2.56 bits per heavy atom. The van der Waals surface area contributed by atoms with Gasteiger partial charge in [-0.15, -0.1) is 10.2 Å². The van der Waals surface area contributed by atoms with Crippen LogP contribution >= 0.6 is 23.4 Å². The number of benzene rings is 2. The van der Waals surface area contributed by atoms with Gasteiger partial charge in [0, 0.05) is 9.92 Å². The summed E-state index contributed by atoms with van der Waals surface area (Å²) in [6.45, 7) is 0. The first-order valence-electron chi connectivity index (χ1n) is 7.08. The molecule has 0 saturated heterocycles. The summed E-state index contributed by atoms with van der Waals surface area (Å²) in [6.07, 6.45) is -4.62. The average molecular weight is 381 g/mol. The van der Waals surface area contributed by atoms with Crippen LogP contribution in [0.15, 0.2) is 58.5 Å². The number of hydrogen-bond donors (Lipinski definition) is 0. The molecule has 0 aliphatic carbocycles. The Labute approximate surface area is 148 Å². The van der Waals surface area contributed by atoms with Gasteiger partial charge in [0.25, 0.3) is 0 Å². The lowest BCUT2D eigenvalue weighted by Gasteiger charge is -2.09. The molecule has 4 rings (SSSR count). The molecule has 0 atom stereocenters. The van der Waals surface area contributed by atoms with E-state index in [-0.39, 0.29) is 5.65 Å². The van der Waals surface area contributed by atoms with Gasteiger partial charge in [-0.3, -0.25) is 4.40 Å². The van der Waals surface area contributed by atoms with Gasteiger partial charge >= 0.3 is 6.18 Å². The molecular formula is C16H8ClF3N4S. The van der Waals surface area contributed by atoms with Crippen LogP contribution < -0.4 is 0 Å². The summed E-state index contributed by atoms with van der Waals surface area (Å²) in [5.74, 6) is -1.07. The monoisotopic (exact) mass is 380 g/mol. The molecule has 0 aliphatic heterocycles. The Hall–Kier alpha value is -2.32. The molecule has 9 heteroatoms. The molecule has 4 aromatic rings. The molecule has 0 saturated carbocycles. The molecule has 0 fully saturated rings. The fraction of sp³-hybridized carbons (Fsp3) is 0.0625. The first-order valence-corrected chi connectivity index (χ1v) is 8.27. The van der Waals surface area contributed by atoms with E-state index >= 15 is 0 Å². The van der Waals surface area contributed by atoms with Gasteiger partial charge in [0.2, 0.25) is 5.82 Å². The van der Waals surface area contributed by atoms with Crippen molar-refractivity contribution in [2.45, 2.75) is 16.1 Å². The van der Waals surface area contributed by atoms with E-state index in [1.807, 2.05) is 0 Å². The Morgan fingerprint density at radius 2 is 1.80 bits per heavy atom. The van der Waals surface area contributed by atoms with E-state index in [9.17, 15) is 13.2 Å². The van der Waals surface area contributed by atoms with Crippen LogP contribution in [0.4, 0.5) is 13.2 Å². The topological polar surface area (TPSA) is 43.1 Å². The van der Waals surface area contributed by atoms with Crippen molar-refractivity contribution in [2.75, 3.05) is 0 Å². The first-order chi connectivity index (χ1) is 11.9. The molecule has 2 heterocycles. The summed E-state index contributed by atoms with van der Waals surface area (Å²) in [5.41, 5.74) is 0.770. The van der Waals surface area contributed by atoms with Gasteiger partial charge in [0.15, 0.2) is 5.65 Å². The third kappa shape index (κ3) is 2.91. The third-order valence-electron chi connectivity index (χ3n) is 3.46. The second kappa shape index (κ2) is 5.89. The lowest BCUT2D eigenvalue weighted by Crippen LogP contribution is -2.11. The molecule has 2 aromatic carbocycles. The molecule has 0 unspecified atom stereocenters. The third-order valence-corrected chi connectivity index (χ3v) is 4.66. The molecule has 2 aromatic heterocycles. The fourth-order valence-corrected chi connectivity index (χ4v) is 3.63. The largest absolute Gasteiger partial charge is 0.452 e. The summed E-state index contributed by atoms with van der Waals surface area (Å²) in [4.78, 5) is 5.20. The Bertz CT molecular complexity index is 1090. The van der Waals surface area contributed by atoms with E-state index in [1.165, 1.54) is 11.8 Å². The Morgan fingerprint density at radius 1 is 1.00 bits per heavy atom. The van der Waals surface area contributed by atoms with Gasteiger partial charge < -0.3 is 0 Å². The minimum absolute atomic E-state index is 0.0519. The molecule has 126 valence electrons. The van der Waals surface area contributed by atoms with Crippen LogP contribution in [0.2, 0.25) is 5.02 Å². The summed E-state index contributed by atoms with van der Waals surface area (Å²) < 4.78 is 41.0. The van der Waals surface area contributed by atoms with Crippen molar-refractivity contribution >= 4 is 40.0 Å². The molecule has 0 aliphatic rings. The number of halogens is 4. The maximum atomic E-state index is 13.3. The minimum atomic E-state index is -4.62. The molecule has 0 bridgehead atoms. The van der Waals surface area contributed by atoms with Crippen LogP contribution in [0.5, 0.6) is 0 Å². The maximum Gasteiger partial charge on any atom is 0.452 e. The number of para-hydroxylation sites is 2. The van der Waals surface area contributed by atoms with Gasteiger partial charge in [0.05, 0.1) is 11.0 Å². The number of alkyl halides is 3. The molecule has 0 amide bonds. The standard InChI is InChI=1S/C16H8ClF3N4S/c17-9-4-3-5-10(8-9)25-14-13-22-23-15(16(18,19)20)24(13)12-7-2-1-6-11(12)21-14/h1-8H. The number of rotatable bonds is 2. The smallest absolute Gasteiger partial charge is 0.267 e. The van der Waals surface area contributed by atoms with E-state index in [0.717, 1.165) is 9.30 Å². The van der Waals surface area contributed by atoms with E-state index in [0.29, 0.717) is 21.1 Å². The van der Waals surface area contributed by atoms with Crippen LogP contribution in [0, 0.1) is 0 Å². The van der Waals surface area contributed by atoms with Crippen molar-refractivity contribution in [3.8, 4) is 0 Å². The maximum absolute atomic E-state index is 13.3. The number of nitrogens with zero attached hydrogens (tertiary/aromatic N) is 4. The van der Waals surface area contributed by atoms with Gasteiger partial charge in [-0.1, -0.05) is 41.6 Å². The van der Waals surface area contributed by atoms with Crippen LogP contribution in [-0.4, -0.2) is 19.6 Å². The van der Waals surface area contributed by atoms with Crippen molar-refractivity contribution in [2.24, 2.45) is 0 Å². The zero-order valence-corrected chi connectivity index (χ0v) is 13.9. The summed E-state index contributed by atoms with van der Waals surface area (Å²) in [6, 6.07) is 13.5. The minimum Gasteiger partial charge on any atom is -0.267 e. The summed E-state index contributed by atoms with van der Waals surface area (Å²) >= 11 is 7.16. The lowest BCUT2D eigenvalue weighted by atomic mass is 10.3. The SMILES string of the molecule is FC(F)(F)c1nnc2c(Sc3cccc(Cl)c3)nc3ccccc3n12. The Kier molecular flexibility index (Phi) is 3.81. The molecule has 4 nitrogen and oxygen atoms in total. The predicted octanol–water partition coefficient (Wildman–Crippen LogP) is 5.10. The second-order valence-corrected chi connectivity index (χ2v) is 6.64. The highest BCUT2D eigenvalue weighted by atomic mass is 35.5. The number of hydrogen-bond acceptors (Lipinski definition) is 4. The zero-order chi connectivity index (χ0) is 17.6. The van der Waals surface area contributed by atoms with Gasteiger partial charge in [-0.05, 0) is 30.3 Å². The van der Waals surface area contributed by atoms with Crippen molar-refractivity contribution in [3.63, 3.8) is 0 Å². The molecular weight excluding hydrogens is 373 g/mol. The molecule has 25 heavy (non-hydrogen) atoms. The van der Waals surface area contributed by atoms with Crippen molar-refractivity contribution in [1.29, 1.82) is 0 Å². The normalized spacial score (nSPS) is 12.2.